The second-order valence-corrected chi connectivity index (χ2v) is 9.25. The Morgan fingerprint density at radius 2 is 1.81 bits per heavy atom. The zero-order chi connectivity index (χ0) is 25.5. The molecule has 2 saturated heterocycles. The Morgan fingerprint density at radius 3 is 2.47 bits per heavy atom. The lowest BCUT2D eigenvalue weighted by Crippen LogP contribution is -2.43. The van der Waals surface area contributed by atoms with Gasteiger partial charge in [-0.05, 0) is 54.7 Å². The van der Waals surface area contributed by atoms with Crippen molar-refractivity contribution < 1.29 is 31.5 Å². The van der Waals surface area contributed by atoms with E-state index < -0.39 is 18.2 Å². The Hall–Kier alpha value is -3.28. The molecule has 0 bridgehead atoms. The number of amides is 1. The van der Waals surface area contributed by atoms with Crippen LogP contribution < -0.4 is 10.1 Å². The lowest BCUT2D eigenvalue weighted by molar-refractivity contribution is -0.274. The van der Waals surface area contributed by atoms with Gasteiger partial charge in [0.05, 0.1) is 6.54 Å². The number of hydrogen-bond acceptors (Lipinski definition) is 5. The summed E-state index contributed by atoms with van der Waals surface area (Å²) in [6.45, 7) is 0.999. The maximum Gasteiger partial charge on any atom is 0.573 e. The number of halogens is 5. The molecule has 2 aliphatic heterocycles. The van der Waals surface area contributed by atoms with E-state index in [2.05, 4.69) is 25.0 Å². The first-order valence-electron chi connectivity index (χ1n) is 11.7. The van der Waals surface area contributed by atoms with E-state index in [9.17, 15) is 26.7 Å². The molecule has 5 rings (SSSR count). The molecule has 2 fully saturated rings. The van der Waals surface area contributed by atoms with Crippen molar-refractivity contribution in [3.63, 3.8) is 0 Å². The fourth-order valence-electron chi connectivity index (χ4n) is 4.97. The Balaban J connectivity index is 1.26. The highest BCUT2D eigenvalue weighted by atomic mass is 19.4. The number of aromatic nitrogens is 3. The summed E-state index contributed by atoms with van der Waals surface area (Å²) in [5.74, 6) is -3.29. The minimum absolute atomic E-state index is 0.101. The third-order valence-electron chi connectivity index (χ3n) is 6.70. The van der Waals surface area contributed by atoms with Gasteiger partial charge >= 0.3 is 6.36 Å². The molecule has 1 unspecified atom stereocenters. The van der Waals surface area contributed by atoms with Crippen LogP contribution in [0, 0.1) is 0 Å². The van der Waals surface area contributed by atoms with Crippen LogP contribution in [-0.2, 0) is 0 Å². The van der Waals surface area contributed by atoms with Gasteiger partial charge in [0, 0.05) is 43.7 Å². The zero-order valence-corrected chi connectivity index (χ0v) is 19.1. The maximum atomic E-state index is 13.9. The number of pyridine rings is 1. The number of aromatic amines is 1. The molecule has 2 aliphatic rings. The van der Waals surface area contributed by atoms with Crippen LogP contribution in [0.3, 0.4) is 0 Å². The third-order valence-corrected chi connectivity index (χ3v) is 6.70. The summed E-state index contributed by atoms with van der Waals surface area (Å²) in [5, 5.41) is 2.76. The van der Waals surface area contributed by atoms with E-state index in [1.54, 1.807) is 11.1 Å². The van der Waals surface area contributed by atoms with Crippen molar-refractivity contribution in [3.05, 3.63) is 53.5 Å². The fraction of sp³-hybridized carbons (Fsp3) is 0.458. The first kappa shape index (κ1) is 24.4. The van der Waals surface area contributed by atoms with Crippen LogP contribution in [0.4, 0.5) is 22.0 Å². The molecule has 36 heavy (non-hydrogen) atoms. The van der Waals surface area contributed by atoms with Crippen molar-refractivity contribution in [1.29, 1.82) is 0 Å². The second-order valence-electron chi connectivity index (χ2n) is 9.25. The predicted molar refractivity (Wildman–Crippen MR) is 120 cm³/mol. The van der Waals surface area contributed by atoms with Crippen LogP contribution >= 0.6 is 0 Å². The molecule has 7 nitrogen and oxygen atoms in total. The Morgan fingerprint density at radius 1 is 1.08 bits per heavy atom. The molecule has 192 valence electrons. The smallest absolute Gasteiger partial charge is 0.406 e. The SMILES string of the molecule is O=C(c1ccc(OC(F)(F)F)cc1)N1CCC(c2ccnc3[nH]c(C4CNCC(F)(F)C4)nc23)CC1. The standard InChI is InChI=1S/C24H24F5N5O2/c25-23(26)11-16(12-30-13-23)20-32-19-18(5-8-31-21(19)33-20)14-6-9-34(10-7-14)22(35)15-1-3-17(4-2-15)36-24(27,28)29/h1-5,8,14,16,30H,6-7,9-13H2,(H,31,32,33). The number of alkyl halides is 5. The van der Waals surface area contributed by atoms with Crippen LogP contribution in [-0.4, -0.2) is 64.2 Å². The molecule has 1 atom stereocenters. The fourth-order valence-corrected chi connectivity index (χ4v) is 4.97. The van der Waals surface area contributed by atoms with Gasteiger partial charge in [-0.15, -0.1) is 13.2 Å². The Bertz CT molecular complexity index is 1240. The molecule has 1 aromatic carbocycles. The number of piperidine rings is 2. The number of imidazole rings is 1. The highest BCUT2D eigenvalue weighted by Gasteiger charge is 2.38. The number of nitrogens with one attached hydrogen (secondary N) is 2. The number of H-pyrrole nitrogens is 1. The summed E-state index contributed by atoms with van der Waals surface area (Å²) in [6, 6.07) is 6.75. The largest absolute Gasteiger partial charge is 0.573 e. The van der Waals surface area contributed by atoms with Crippen molar-refractivity contribution in [2.45, 2.75) is 43.4 Å². The van der Waals surface area contributed by atoms with Crippen LogP contribution in [0.1, 0.15) is 52.8 Å². The molecule has 0 aliphatic carbocycles. The molecule has 3 aromatic rings. The first-order chi connectivity index (χ1) is 17.1. The number of carbonyl (C=O) groups is 1. The summed E-state index contributed by atoms with van der Waals surface area (Å²) in [6.07, 6.45) is -2.09. The summed E-state index contributed by atoms with van der Waals surface area (Å²) in [5.41, 5.74) is 2.45. The normalized spacial score (nSPS) is 21.0. The van der Waals surface area contributed by atoms with Gasteiger partial charge in [0.2, 0.25) is 0 Å². The molecule has 4 heterocycles. The van der Waals surface area contributed by atoms with Crippen LogP contribution in [0.5, 0.6) is 5.75 Å². The molecule has 1 amide bonds. The minimum Gasteiger partial charge on any atom is -0.406 e. The van der Waals surface area contributed by atoms with Gasteiger partial charge in [-0.3, -0.25) is 4.79 Å². The number of likely N-dealkylation sites (tertiary alicyclic amines) is 1. The number of carbonyl (C=O) groups excluding carboxylic acids is 1. The van der Waals surface area contributed by atoms with Gasteiger partial charge in [-0.1, -0.05) is 0 Å². The molecule has 0 spiro atoms. The molecule has 0 saturated carbocycles. The molecule has 12 heteroatoms. The zero-order valence-electron chi connectivity index (χ0n) is 19.1. The van der Waals surface area contributed by atoms with Crippen molar-refractivity contribution in [2.24, 2.45) is 0 Å². The van der Waals surface area contributed by atoms with Gasteiger partial charge in [-0.2, -0.15) is 0 Å². The highest BCUT2D eigenvalue weighted by molar-refractivity contribution is 5.94. The van der Waals surface area contributed by atoms with Crippen LogP contribution in [0.2, 0.25) is 0 Å². The number of nitrogens with zero attached hydrogens (tertiary/aromatic N) is 3. The van der Waals surface area contributed by atoms with Crippen molar-refractivity contribution in [1.82, 2.24) is 25.2 Å². The van der Waals surface area contributed by atoms with Crippen LogP contribution in [0.15, 0.2) is 36.5 Å². The van der Waals surface area contributed by atoms with E-state index in [0.717, 1.165) is 17.7 Å². The van der Waals surface area contributed by atoms with Crippen molar-refractivity contribution >= 4 is 17.1 Å². The molecule has 2 aromatic heterocycles. The summed E-state index contributed by atoms with van der Waals surface area (Å²) in [7, 11) is 0. The highest BCUT2D eigenvalue weighted by Crippen LogP contribution is 2.35. The Kier molecular flexibility index (Phi) is 6.31. The monoisotopic (exact) mass is 509 g/mol. The van der Waals surface area contributed by atoms with Gasteiger partial charge in [0.1, 0.15) is 17.1 Å². The van der Waals surface area contributed by atoms with E-state index in [0.29, 0.717) is 49.5 Å². The average Bonchev–Trinajstić information content (AvgIpc) is 3.27. The predicted octanol–water partition coefficient (Wildman–Crippen LogP) is 4.59. The maximum absolute atomic E-state index is 13.9. The van der Waals surface area contributed by atoms with Gasteiger partial charge in [-0.25, -0.2) is 18.7 Å². The summed E-state index contributed by atoms with van der Waals surface area (Å²) < 4.78 is 68.7. The van der Waals surface area contributed by atoms with Gasteiger partial charge in [0.15, 0.2) is 5.65 Å². The van der Waals surface area contributed by atoms with E-state index >= 15 is 0 Å². The van der Waals surface area contributed by atoms with Gasteiger partial charge in [0.25, 0.3) is 11.8 Å². The van der Waals surface area contributed by atoms with Crippen molar-refractivity contribution in [3.8, 4) is 5.75 Å². The molecule has 2 N–H and O–H groups in total. The lowest BCUT2D eigenvalue weighted by Gasteiger charge is -2.32. The van der Waals surface area contributed by atoms with E-state index in [1.165, 1.54) is 12.1 Å². The minimum atomic E-state index is -4.79. The van der Waals surface area contributed by atoms with E-state index in [1.807, 2.05) is 6.07 Å². The number of ether oxygens (including phenoxy) is 1. The Labute approximate surface area is 203 Å². The number of fused-ring (bicyclic) bond motifs is 1. The lowest BCUT2D eigenvalue weighted by atomic mass is 9.89. The van der Waals surface area contributed by atoms with Crippen molar-refractivity contribution in [2.75, 3.05) is 26.2 Å². The molecular weight excluding hydrogens is 485 g/mol. The van der Waals surface area contributed by atoms with E-state index in [4.69, 9.17) is 0 Å². The summed E-state index contributed by atoms with van der Waals surface area (Å²) >= 11 is 0. The summed E-state index contributed by atoms with van der Waals surface area (Å²) in [4.78, 5) is 26.6. The number of rotatable bonds is 4. The molecular formula is C24H24F5N5O2. The van der Waals surface area contributed by atoms with E-state index in [-0.39, 0.29) is 36.1 Å². The van der Waals surface area contributed by atoms with Gasteiger partial charge < -0.3 is 19.9 Å². The van der Waals surface area contributed by atoms with Crippen LogP contribution in [0.25, 0.3) is 11.2 Å². The first-order valence-corrected chi connectivity index (χ1v) is 11.7. The average molecular weight is 509 g/mol. The quantitative estimate of drug-likeness (QED) is 0.503. The topological polar surface area (TPSA) is 83.1 Å². The number of benzene rings is 1. The second kappa shape index (κ2) is 9.30. The molecule has 0 radical (unpaired) electrons. The number of hydrogen-bond donors (Lipinski definition) is 2. The third kappa shape index (κ3) is 5.28.